The fourth-order valence-corrected chi connectivity index (χ4v) is 6.14. The number of rotatable bonds is 7. The number of methoxy groups -OCH3 is 1. The van der Waals surface area contributed by atoms with Gasteiger partial charge in [0.1, 0.15) is 11.6 Å². The molecular weight excluding hydrogens is 498 g/mol. The number of aryl methyl sites for hydroxylation is 1. The van der Waals surface area contributed by atoms with Gasteiger partial charge in [-0.15, -0.1) is 0 Å². The van der Waals surface area contributed by atoms with Crippen molar-refractivity contribution >= 4 is 22.6 Å². The molecule has 1 aromatic heterocycles. The highest BCUT2D eigenvalue weighted by Gasteiger charge is 2.31. The summed E-state index contributed by atoms with van der Waals surface area (Å²) >= 11 is 0. The second kappa shape index (κ2) is 11.7. The third-order valence-corrected chi connectivity index (χ3v) is 8.44. The van der Waals surface area contributed by atoms with Gasteiger partial charge in [0, 0.05) is 45.0 Å². The third-order valence-electron chi connectivity index (χ3n) is 8.44. The largest absolute Gasteiger partial charge is 0.497 e. The molecule has 0 radical (unpaired) electrons. The Hall–Kier alpha value is -3.84. The van der Waals surface area contributed by atoms with Crippen molar-refractivity contribution in [2.24, 2.45) is 5.92 Å². The lowest BCUT2D eigenvalue weighted by Crippen LogP contribution is -2.52. The van der Waals surface area contributed by atoms with Crippen LogP contribution in [0.15, 0.2) is 72.8 Å². The van der Waals surface area contributed by atoms with Gasteiger partial charge in [-0.3, -0.25) is 9.69 Å². The zero-order valence-electron chi connectivity index (χ0n) is 23.6. The van der Waals surface area contributed by atoms with Gasteiger partial charge in [-0.05, 0) is 68.3 Å². The molecule has 4 aromatic rings. The van der Waals surface area contributed by atoms with Crippen LogP contribution >= 0.6 is 0 Å². The van der Waals surface area contributed by atoms with Gasteiger partial charge in [-0.1, -0.05) is 42.0 Å². The number of piperazine rings is 1. The molecule has 0 spiro atoms. The number of carbonyl (C=O) groups excluding carboxylic acids is 1. The molecule has 3 aromatic carbocycles. The lowest BCUT2D eigenvalue weighted by atomic mass is 9.96. The predicted octanol–water partition coefficient (Wildman–Crippen LogP) is 4.96. The topological polar surface area (TPSA) is 53.8 Å². The van der Waals surface area contributed by atoms with E-state index in [0.717, 1.165) is 87.8 Å². The van der Waals surface area contributed by atoms with Gasteiger partial charge in [0.25, 0.3) is 0 Å². The molecule has 0 bridgehead atoms. The van der Waals surface area contributed by atoms with E-state index in [1.54, 1.807) is 7.11 Å². The van der Waals surface area contributed by atoms with Gasteiger partial charge in [-0.2, -0.15) is 0 Å². The maximum absolute atomic E-state index is 13.6. The number of ether oxygens (including phenoxy) is 1. The number of piperidine rings is 1. The number of nitrogens with zero attached hydrogens (tertiary/aromatic N) is 5. The molecule has 2 fully saturated rings. The Morgan fingerprint density at radius 2 is 1.65 bits per heavy atom. The molecule has 1 amide bonds. The highest BCUT2D eigenvalue weighted by Crippen LogP contribution is 2.25. The van der Waals surface area contributed by atoms with Crippen LogP contribution in [-0.4, -0.2) is 71.6 Å². The number of carbonyl (C=O) groups is 1. The molecule has 2 aliphatic rings. The zero-order chi connectivity index (χ0) is 27.5. The first-order valence-electron chi connectivity index (χ1n) is 14.5. The third kappa shape index (κ3) is 5.70. The first-order valence-corrected chi connectivity index (χ1v) is 14.5. The number of aromatic nitrogens is 2. The van der Waals surface area contributed by atoms with Crippen molar-refractivity contribution < 1.29 is 9.53 Å². The number of benzene rings is 3. The van der Waals surface area contributed by atoms with Gasteiger partial charge >= 0.3 is 0 Å². The van der Waals surface area contributed by atoms with Crippen molar-refractivity contribution in [3.05, 3.63) is 89.7 Å². The summed E-state index contributed by atoms with van der Waals surface area (Å²) in [6.07, 6.45) is 2.01. The summed E-state index contributed by atoms with van der Waals surface area (Å²) in [5.74, 6) is 2.29. The first kappa shape index (κ1) is 26.4. The summed E-state index contributed by atoms with van der Waals surface area (Å²) < 4.78 is 7.67. The van der Waals surface area contributed by atoms with Crippen LogP contribution < -0.4 is 9.64 Å². The number of likely N-dealkylation sites (tertiary alicyclic amines) is 1. The Labute approximate surface area is 237 Å². The van der Waals surface area contributed by atoms with Gasteiger partial charge < -0.3 is 19.1 Å². The van der Waals surface area contributed by atoms with Gasteiger partial charge in [-0.25, -0.2) is 4.98 Å². The Morgan fingerprint density at radius 1 is 0.900 bits per heavy atom. The van der Waals surface area contributed by atoms with Crippen LogP contribution in [0.3, 0.4) is 0 Å². The fraction of sp³-hybridized carbons (Fsp3) is 0.394. The lowest BCUT2D eigenvalue weighted by molar-refractivity contribution is -0.137. The molecule has 0 saturated carbocycles. The number of fused-ring (bicyclic) bond motifs is 1. The number of imidazole rings is 1. The molecule has 40 heavy (non-hydrogen) atoms. The quantitative estimate of drug-likeness (QED) is 0.334. The maximum atomic E-state index is 13.6. The Bertz CT molecular complexity index is 1440. The summed E-state index contributed by atoms with van der Waals surface area (Å²) in [6, 6.07) is 25.3. The Morgan fingerprint density at radius 3 is 2.40 bits per heavy atom. The molecule has 0 aliphatic carbocycles. The van der Waals surface area contributed by atoms with Crippen LogP contribution in [0.4, 0.5) is 5.69 Å². The highest BCUT2D eigenvalue weighted by atomic mass is 16.5. The Kier molecular flexibility index (Phi) is 7.73. The van der Waals surface area contributed by atoms with Crippen molar-refractivity contribution in [3.63, 3.8) is 0 Å². The van der Waals surface area contributed by atoms with Crippen molar-refractivity contribution in [1.82, 2.24) is 19.4 Å². The van der Waals surface area contributed by atoms with Crippen LogP contribution in [0, 0.1) is 12.8 Å². The Balaban J connectivity index is 1.12. The van der Waals surface area contributed by atoms with Gasteiger partial charge in [0.15, 0.2) is 0 Å². The smallest absolute Gasteiger partial charge is 0.227 e. The molecule has 0 unspecified atom stereocenters. The van der Waals surface area contributed by atoms with E-state index in [1.807, 2.05) is 18.2 Å². The maximum Gasteiger partial charge on any atom is 0.227 e. The normalized spacial score (nSPS) is 18.3. The van der Waals surface area contributed by atoms with Crippen molar-refractivity contribution in [2.45, 2.75) is 32.9 Å². The molecular formula is C33H39N5O2. The van der Waals surface area contributed by atoms with E-state index in [0.29, 0.717) is 5.91 Å². The van der Waals surface area contributed by atoms with E-state index in [9.17, 15) is 4.79 Å². The van der Waals surface area contributed by atoms with E-state index in [2.05, 4.69) is 80.8 Å². The molecule has 208 valence electrons. The van der Waals surface area contributed by atoms with Gasteiger partial charge in [0.2, 0.25) is 5.91 Å². The second-order valence-corrected chi connectivity index (χ2v) is 11.2. The molecule has 7 heteroatoms. The summed E-state index contributed by atoms with van der Waals surface area (Å²) in [4.78, 5) is 25.5. The number of amides is 1. The first-order chi connectivity index (χ1) is 19.6. The highest BCUT2D eigenvalue weighted by molar-refractivity contribution is 5.79. The average Bonchev–Trinajstić information content (AvgIpc) is 3.34. The summed E-state index contributed by atoms with van der Waals surface area (Å²) in [5.41, 5.74) is 5.89. The molecule has 1 atom stereocenters. The van der Waals surface area contributed by atoms with E-state index >= 15 is 0 Å². The molecule has 2 saturated heterocycles. The monoisotopic (exact) mass is 537 g/mol. The molecule has 2 aliphatic heterocycles. The SMILES string of the molecule is COc1ccc(Cn2c(CN3CCC[C@@H](C(=O)N4CCN(c5ccc(C)cc5)CC4)C3)nc3ccccc32)cc1. The van der Waals surface area contributed by atoms with E-state index in [1.165, 1.54) is 16.8 Å². The fourth-order valence-electron chi connectivity index (χ4n) is 6.14. The number of para-hydroxylation sites is 2. The summed E-state index contributed by atoms with van der Waals surface area (Å²) in [6.45, 7) is 8.77. The standard InChI is InChI=1S/C33H39N5O2/c1-25-9-13-28(14-10-25)36-18-20-37(21-19-36)33(39)27-6-5-17-35(23-27)24-32-34-30-7-3-4-8-31(30)38(32)22-26-11-15-29(40-2)16-12-26/h3-4,7-16,27H,5-6,17-24H2,1-2H3/t27-/m1/s1. The number of hydrogen-bond donors (Lipinski definition) is 0. The summed E-state index contributed by atoms with van der Waals surface area (Å²) in [7, 11) is 1.69. The van der Waals surface area contributed by atoms with E-state index in [4.69, 9.17) is 9.72 Å². The van der Waals surface area contributed by atoms with Crippen LogP contribution in [0.2, 0.25) is 0 Å². The summed E-state index contributed by atoms with van der Waals surface area (Å²) in [5, 5.41) is 0. The second-order valence-electron chi connectivity index (χ2n) is 11.2. The molecule has 6 rings (SSSR count). The van der Waals surface area contributed by atoms with Crippen molar-refractivity contribution in [1.29, 1.82) is 0 Å². The molecule has 7 nitrogen and oxygen atoms in total. The number of anilines is 1. The van der Waals surface area contributed by atoms with Gasteiger partial charge in [0.05, 0.1) is 30.6 Å². The number of hydrogen-bond acceptors (Lipinski definition) is 5. The van der Waals surface area contributed by atoms with Crippen molar-refractivity contribution in [2.75, 3.05) is 51.3 Å². The van der Waals surface area contributed by atoms with Crippen LogP contribution in [0.1, 0.15) is 29.8 Å². The van der Waals surface area contributed by atoms with Crippen LogP contribution in [0.5, 0.6) is 5.75 Å². The van der Waals surface area contributed by atoms with E-state index < -0.39 is 0 Å². The zero-order valence-corrected chi connectivity index (χ0v) is 23.6. The average molecular weight is 538 g/mol. The van der Waals surface area contributed by atoms with E-state index in [-0.39, 0.29) is 5.92 Å². The lowest BCUT2D eigenvalue weighted by Gasteiger charge is -2.39. The molecule has 0 N–H and O–H groups in total. The minimum absolute atomic E-state index is 0.0547. The minimum atomic E-state index is 0.0547. The predicted molar refractivity (Wildman–Crippen MR) is 160 cm³/mol. The minimum Gasteiger partial charge on any atom is -0.497 e. The molecule has 3 heterocycles. The van der Waals surface area contributed by atoms with Crippen LogP contribution in [-0.2, 0) is 17.9 Å². The van der Waals surface area contributed by atoms with Crippen LogP contribution in [0.25, 0.3) is 11.0 Å². The van der Waals surface area contributed by atoms with Crippen molar-refractivity contribution in [3.8, 4) is 5.75 Å².